The molecule has 22 heavy (non-hydrogen) atoms. The summed E-state index contributed by atoms with van der Waals surface area (Å²) in [6, 6.07) is 16.2. The van der Waals surface area contributed by atoms with Crippen LogP contribution in [0.2, 0.25) is 0 Å². The Balaban J connectivity index is 2.06. The van der Waals surface area contributed by atoms with Gasteiger partial charge in [0, 0.05) is 0 Å². The summed E-state index contributed by atoms with van der Waals surface area (Å²) in [6.45, 7) is 1.69. The third kappa shape index (κ3) is 2.89. The van der Waals surface area contributed by atoms with Crippen LogP contribution in [0, 0.1) is 0 Å². The second-order valence-corrected chi connectivity index (χ2v) is 7.95. The fourth-order valence-corrected chi connectivity index (χ4v) is 4.64. The van der Waals surface area contributed by atoms with E-state index in [-0.39, 0.29) is 15.0 Å². The van der Waals surface area contributed by atoms with E-state index >= 15 is 0 Å². The third-order valence-corrected chi connectivity index (χ3v) is 5.72. The van der Waals surface area contributed by atoms with E-state index in [0.29, 0.717) is 11.3 Å². The first kappa shape index (κ1) is 15.1. The summed E-state index contributed by atoms with van der Waals surface area (Å²) in [5.74, 6) is -1.17. The number of fused-ring (bicyclic) bond motifs is 1. The van der Waals surface area contributed by atoms with Gasteiger partial charge in [0.2, 0.25) is 0 Å². The van der Waals surface area contributed by atoms with Crippen molar-refractivity contribution in [2.75, 3.05) is 0 Å². The average molecular weight is 370 g/mol. The van der Waals surface area contributed by atoms with Gasteiger partial charge < -0.3 is 0 Å². The summed E-state index contributed by atoms with van der Waals surface area (Å²) in [7, 11) is 0. The average Bonchev–Trinajstić information content (AvgIpc) is 2.47. The molecule has 1 aliphatic heterocycles. The van der Waals surface area contributed by atoms with Crippen molar-refractivity contribution in [3.63, 3.8) is 0 Å². The summed E-state index contributed by atoms with van der Waals surface area (Å²) < 4.78 is 44.5. The number of alkyl halides is 3. The summed E-state index contributed by atoms with van der Waals surface area (Å²) in [6.07, 6.45) is -4.60. The molecule has 1 unspecified atom stereocenters. The van der Waals surface area contributed by atoms with E-state index in [2.05, 4.69) is 4.99 Å². The molecule has 6 heteroatoms. The first-order chi connectivity index (χ1) is 10.4. The maximum absolute atomic E-state index is 13.1. The van der Waals surface area contributed by atoms with E-state index in [1.807, 2.05) is 30.3 Å². The van der Waals surface area contributed by atoms with Crippen LogP contribution in [-0.4, -0.2) is 27.0 Å². The van der Waals surface area contributed by atoms with Crippen molar-refractivity contribution in [1.29, 1.82) is 0 Å². The monoisotopic (exact) mass is 371 g/mol. The third-order valence-electron chi connectivity index (χ3n) is 3.21. The van der Waals surface area contributed by atoms with Gasteiger partial charge in [-0.25, -0.2) is 0 Å². The molecule has 0 radical (unpaired) electrons. The van der Waals surface area contributed by atoms with Crippen molar-refractivity contribution >= 4 is 31.0 Å². The van der Waals surface area contributed by atoms with Gasteiger partial charge in [-0.3, -0.25) is 0 Å². The molecule has 0 aliphatic carbocycles. The summed E-state index contributed by atoms with van der Waals surface area (Å²) in [5.41, 5.74) is 1.01. The van der Waals surface area contributed by atoms with Crippen molar-refractivity contribution in [3.8, 4) is 0 Å². The molecule has 1 heterocycles. The van der Waals surface area contributed by atoms with Crippen molar-refractivity contribution in [2.24, 2.45) is 4.99 Å². The molecule has 2 nitrogen and oxygen atoms in total. The molecule has 2 aromatic carbocycles. The molecular weight excluding hydrogens is 358 g/mol. The van der Waals surface area contributed by atoms with Crippen LogP contribution < -0.4 is 4.46 Å². The minimum atomic E-state index is -4.60. The van der Waals surface area contributed by atoms with Crippen LogP contribution >= 0.6 is 0 Å². The topological polar surface area (TPSA) is 21.6 Å². The normalized spacial score (nSPS) is 20.8. The molecule has 3 rings (SSSR count). The first-order valence-corrected chi connectivity index (χ1v) is 8.28. The number of nitrogens with zero attached hydrogens (tertiary/aromatic N) is 1. The number of halogens is 3. The zero-order valence-electron chi connectivity index (χ0n) is 11.6. The van der Waals surface area contributed by atoms with Gasteiger partial charge in [0.15, 0.2) is 0 Å². The number of ether oxygens (including phenoxy) is 1. The molecule has 0 spiro atoms. The van der Waals surface area contributed by atoms with E-state index in [9.17, 15) is 13.2 Å². The molecule has 0 bridgehead atoms. The predicted molar refractivity (Wildman–Crippen MR) is 79.9 cm³/mol. The predicted octanol–water partition coefficient (Wildman–Crippen LogP) is 3.51. The van der Waals surface area contributed by atoms with E-state index in [1.165, 1.54) is 0 Å². The van der Waals surface area contributed by atoms with Crippen LogP contribution in [0.15, 0.2) is 59.6 Å². The standard InChI is InChI=1S/C16H12F3NOSe/c1-15(22-11-7-3-2-4-8-11)12-9-5-6-10-13(12)20-14(21-15)16(17,18)19/h2-10H,1H3. The number of hydrogen-bond donors (Lipinski definition) is 0. The Morgan fingerprint density at radius 3 is 2.32 bits per heavy atom. The minimum absolute atomic E-state index is 0.321. The number of para-hydroxylation sites is 1. The van der Waals surface area contributed by atoms with Gasteiger partial charge in [0.1, 0.15) is 0 Å². The Bertz CT molecular complexity index is 715. The molecule has 0 saturated heterocycles. The van der Waals surface area contributed by atoms with Gasteiger partial charge >= 0.3 is 132 Å². The summed E-state index contributed by atoms with van der Waals surface area (Å²) in [5, 5.41) is 0. The van der Waals surface area contributed by atoms with Crippen LogP contribution in [0.3, 0.4) is 0 Å². The Morgan fingerprint density at radius 1 is 1.00 bits per heavy atom. The number of benzene rings is 2. The van der Waals surface area contributed by atoms with E-state index in [4.69, 9.17) is 4.74 Å². The molecule has 1 aliphatic rings. The van der Waals surface area contributed by atoms with Crippen molar-refractivity contribution in [2.45, 2.75) is 17.6 Å². The zero-order valence-corrected chi connectivity index (χ0v) is 13.3. The van der Waals surface area contributed by atoms with Crippen LogP contribution in [0.4, 0.5) is 18.9 Å². The zero-order chi connectivity index (χ0) is 15.8. The van der Waals surface area contributed by atoms with E-state index < -0.39 is 16.6 Å². The quantitative estimate of drug-likeness (QED) is 0.742. The van der Waals surface area contributed by atoms with Gasteiger partial charge in [-0.2, -0.15) is 0 Å². The number of rotatable bonds is 2. The molecule has 114 valence electrons. The van der Waals surface area contributed by atoms with Crippen LogP contribution in [-0.2, 0) is 9.24 Å². The molecule has 0 N–H and O–H groups in total. The molecule has 0 saturated carbocycles. The Kier molecular flexibility index (Phi) is 3.75. The van der Waals surface area contributed by atoms with Gasteiger partial charge in [-0.1, -0.05) is 0 Å². The van der Waals surface area contributed by atoms with Crippen molar-refractivity contribution in [3.05, 3.63) is 60.2 Å². The van der Waals surface area contributed by atoms with Crippen LogP contribution in [0.1, 0.15) is 12.5 Å². The van der Waals surface area contributed by atoms with Gasteiger partial charge in [0.05, 0.1) is 0 Å². The second-order valence-electron chi connectivity index (χ2n) is 4.89. The van der Waals surface area contributed by atoms with Crippen molar-refractivity contribution in [1.82, 2.24) is 0 Å². The van der Waals surface area contributed by atoms with Crippen molar-refractivity contribution < 1.29 is 17.9 Å². The van der Waals surface area contributed by atoms with E-state index in [1.54, 1.807) is 31.2 Å². The van der Waals surface area contributed by atoms with Gasteiger partial charge in [0.25, 0.3) is 0 Å². The van der Waals surface area contributed by atoms with Crippen LogP contribution in [0.25, 0.3) is 0 Å². The Hall–Kier alpha value is -1.78. The fourth-order valence-electron chi connectivity index (χ4n) is 2.24. The number of hydrogen-bond acceptors (Lipinski definition) is 2. The molecule has 2 aromatic rings. The molecule has 0 fully saturated rings. The SMILES string of the molecule is CC1([Se]c2ccccc2)OC(C(F)(F)F)=Nc2ccccc21. The van der Waals surface area contributed by atoms with Crippen LogP contribution in [0.5, 0.6) is 0 Å². The molecule has 1 atom stereocenters. The fraction of sp³-hybridized carbons (Fsp3) is 0.188. The molecular formula is C16H12F3NOSe. The summed E-state index contributed by atoms with van der Waals surface area (Å²) in [4.78, 5) is 3.63. The molecule has 0 aromatic heterocycles. The molecule has 0 amide bonds. The Labute approximate surface area is 132 Å². The summed E-state index contributed by atoms with van der Waals surface area (Å²) >= 11 is -0.337. The maximum atomic E-state index is 13.1. The van der Waals surface area contributed by atoms with Gasteiger partial charge in [-0.15, -0.1) is 0 Å². The second kappa shape index (κ2) is 5.45. The van der Waals surface area contributed by atoms with Gasteiger partial charge in [-0.05, 0) is 0 Å². The first-order valence-electron chi connectivity index (χ1n) is 6.57. The number of aliphatic imine (C=N–C) groups is 1. The van der Waals surface area contributed by atoms with E-state index in [0.717, 1.165) is 4.46 Å². The Morgan fingerprint density at radius 2 is 1.64 bits per heavy atom.